The molecule has 0 aliphatic carbocycles. The van der Waals surface area contributed by atoms with Crippen molar-refractivity contribution < 1.29 is 9.13 Å². The minimum absolute atomic E-state index is 0.134. The Bertz CT molecular complexity index is 891. The summed E-state index contributed by atoms with van der Waals surface area (Å²) in [5.41, 5.74) is 1.73. The highest BCUT2D eigenvalue weighted by atomic mass is 79.9. The lowest BCUT2D eigenvalue weighted by Crippen LogP contribution is -2.20. The van der Waals surface area contributed by atoms with Gasteiger partial charge < -0.3 is 9.30 Å². The largest absolute Gasteiger partial charge is 0.497 e. The summed E-state index contributed by atoms with van der Waals surface area (Å²) in [6.45, 7) is 0.336. The van der Waals surface area contributed by atoms with Gasteiger partial charge in [0, 0.05) is 12.1 Å². The maximum atomic E-state index is 13.8. The third-order valence-electron chi connectivity index (χ3n) is 3.38. The van der Waals surface area contributed by atoms with E-state index in [9.17, 15) is 9.18 Å². The van der Waals surface area contributed by atoms with E-state index in [2.05, 4.69) is 20.9 Å². The summed E-state index contributed by atoms with van der Waals surface area (Å²) in [6, 6.07) is 11.7. The molecule has 112 valence electrons. The van der Waals surface area contributed by atoms with Gasteiger partial charge in [-0.25, -0.2) is 9.37 Å². The lowest BCUT2D eigenvalue weighted by molar-refractivity contribution is 0.414. The van der Waals surface area contributed by atoms with Crippen LogP contribution in [0, 0.1) is 5.82 Å². The van der Waals surface area contributed by atoms with Gasteiger partial charge in [-0.1, -0.05) is 12.1 Å². The van der Waals surface area contributed by atoms with Crippen LogP contribution in [0.25, 0.3) is 11.0 Å². The van der Waals surface area contributed by atoms with Gasteiger partial charge in [-0.2, -0.15) is 0 Å². The van der Waals surface area contributed by atoms with Crippen LogP contribution in [0.4, 0.5) is 4.39 Å². The van der Waals surface area contributed by atoms with Crippen molar-refractivity contribution in [2.45, 2.75) is 6.54 Å². The Labute approximate surface area is 134 Å². The average Bonchev–Trinajstić information content (AvgIpc) is 2.53. The van der Waals surface area contributed by atoms with Gasteiger partial charge in [0.25, 0.3) is 5.56 Å². The Hall–Kier alpha value is -2.21. The van der Waals surface area contributed by atoms with E-state index >= 15 is 0 Å². The molecule has 1 aromatic carbocycles. The van der Waals surface area contributed by atoms with E-state index in [-0.39, 0.29) is 10.2 Å². The monoisotopic (exact) mass is 362 g/mol. The number of hydrogen-bond acceptors (Lipinski definition) is 3. The number of rotatable bonds is 3. The van der Waals surface area contributed by atoms with E-state index in [4.69, 9.17) is 4.74 Å². The zero-order valence-electron chi connectivity index (χ0n) is 11.7. The van der Waals surface area contributed by atoms with Gasteiger partial charge in [-0.05, 0) is 39.7 Å². The van der Waals surface area contributed by atoms with E-state index in [0.717, 1.165) is 11.3 Å². The Balaban J connectivity index is 2.10. The van der Waals surface area contributed by atoms with Gasteiger partial charge in [0.15, 0.2) is 5.82 Å². The van der Waals surface area contributed by atoms with Crippen LogP contribution in [-0.2, 0) is 6.54 Å². The first-order valence-corrected chi connectivity index (χ1v) is 7.36. The smallest absolute Gasteiger partial charge is 0.251 e. The van der Waals surface area contributed by atoms with E-state index < -0.39 is 5.82 Å². The minimum atomic E-state index is -0.499. The first-order valence-electron chi connectivity index (χ1n) is 6.57. The van der Waals surface area contributed by atoms with Crippen molar-refractivity contribution in [3.8, 4) is 5.75 Å². The molecule has 0 bridgehead atoms. The van der Waals surface area contributed by atoms with Crippen molar-refractivity contribution in [2.24, 2.45) is 0 Å². The third-order valence-corrected chi connectivity index (χ3v) is 3.94. The highest BCUT2D eigenvalue weighted by molar-refractivity contribution is 9.10. The number of hydrogen-bond donors (Lipinski definition) is 0. The Morgan fingerprint density at radius 2 is 1.95 bits per heavy atom. The van der Waals surface area contributed by atoms with E-state index in [1.54, 1.807) is 13.2 Å². The molecule has 2 heterocycles. The molecule has 0 aliphatic rings. The van der Waals surface area contributed by atoms with Crippen LogP contribution in [0.2, 0.25) is 0 Å². The summed E-state index contributed by atoms with van der Waals surface area (Å²) in [7, 11) is 1.59. The first kappa shape index (κ1) is 14.7. The lowest BCUT2D eigenvalue weighted by Gasteiger charge is -2.11. The number of ether oxygens (including phenoxy) is 1. The summed E-state index contributed by atoms with van der Waals surface area (Å²) in [5, 5.41) is 0. The zero-order chi connectivity index (χ0) is 15.7. The fourth-order valence-corrected chi connectivity index (χ4v) is 2.55. The standard InChI is InChI=1S/C16H12BrFN2O2/c1-22-11-4-2-10(3-5-11)9-20-14-8-12(18)16(17)19-13(14)6-7-15(20)21/h2-8H,9H2,1H3. The number of methoxy groups -OCH3 is 1. The van der Waals surface area contributed by atoms with Crippen molar-refractivity contribution in [1.29, 1.82) is 0 Å². The number of halogens is 2. The summed E-state index contributed by atoms with van der Waals surface area (Å²) < 4.78 is 20.5. The van der Waals surface area contributed by atoms with Crippen molar-refractivity contribution in [3.05, 3.63) is 68.8 Å². The zero-order valence-corrected chi connectivity index (χ0v) is 13.3. The molecule has 0 N–H and O–H groups in total. The molecule has 3 rings (SSSR count). The number of nitrogens with zero attached hydrogens (tertiary/aromatic N) is 2. The van der Waals surface area contributed by atoms with Crippen LogP contribution < -0.4 is 10.3 Å². The van der Waals surface area contributed by atoms with Crippen molar-refractivity contribution in [1.82, 2.24) is 9.55 Å². The van der Waals surface area contributed by atoms with Crippen molar-refractivity contribution in [3.63, 3.8) is 0 Å². The van der Waals surface area contributed by atoms with Gasteiger partial charge in [0.05, 0.1) is 24.7 Å². The maximum Gasteiger partial charge on any atom is 0.251 e. The van der Waals surface area contributed by atoms with Crippen LogP contribution in [0.5, 0.6) is 5.75 Å². The molecule has 6 heteroatoms. The van der Waals surface area contributed by atoms with Crippen LogP contribution in [0.15, 0.2) is 51.9 Å². The highest BCUT2D eigenvalue weighted by Crippen LogP contribution is 2.19. The molecule has 0 radical (unpaired) electrons. The Morgan fingerprint density at radius 1 is 1.23 bits per heavy atom. The maximum absolute atomic E-state index is 13.8. The number of aromatic nitrogens is 2. The number of pyridine rings is 2. The molecular formula is C16H12BrFN2O2. The molecule has 0 fully saturated rings. The molecule has 0 spiro atoms. The number of fused-ring (bicyclic) bond motifs is 1. The fraction of sp³-hybridized carbons (Fsp3) is 0.125. The second kappa shape index (κ2) is 5.88. The van der Waals surface area contributed by atoms with Gasteiger partial charge >= 0.3 is 0 Å². The Morgan fingerprint density at radius 3 is 2.64 bits per heavy atom. The first-order chi connectivity index (χ1) is 10.6. The number of benzene rings is 1. The Kier molecular flexibility index (Phi) is 3.94. The van der Waals surface area contributed by atoms with Crippen molar-refractivity contribution in [2.75, 3.05) is 7.11 Å². The topological polar surface area (TPSA) is 44.1 Å². The predicted octanol–water partition coefficient (Wildman–Crippen LogP) is 3.36. The second-order valence-electron chi connectivity index (χ2n) is 4.77. The second-order valence-corrected chi connectivity index (χ2v) is 5.52. The molecule has 0 saturated carbocycles. The summed E-state index contributed by atoms with van der Waals surface area (Å²) in [5.74, 6) is 0.243. The highest BCUT2D eigenvalue weighted by Gasteiger charge is 2.09. The molecule has 0 unspecified atom stereocenters. The molecule has 0 aliphatic heterocycles. The normalized spacial score (nSPS) is 10.9. The molecule has 2 aromatic heterocycles. The van der Waals surface area contributed by atoms with Gasteiger partial charge in [0.1, 0.15) is 10.4 Å². The molecular weight excluding hydrogens is 351 g/mol. The molecule has 0 saturated heterocycles. The summed E-state index contributed by atoms with van der Waals surface area (Å²) >= 11 is 3.05. The van der Waals surface area contributed by atoms with Gasteiger partial charge in [0.2, 0.25) is 0 Å². The quantitative estimate of drug-likeness (QED) is 0.671. The van der Waals surface area contributed by atoms with Gasteiger partial charge in [-0.3, -0.25) is 4.79 Å². The average molecular weight is 363 g/mol. The molecule has 0 amide bonds. The van der Waals surface area contributed by atoms with Crippen LogP contribution in [-0.4, -0.2) is 16.7 Å². The van der Waals surface area contributed by atoms with Crippen LogP contribution >= 0.6 is 15.9 Å². The third kappa shape index (κ3) is 2.74. The van der Waals surface area contributed by atoms with E-state index in [1.165, 1.54) is 16.7 Å². The van der Waals surface area contributed by atoms with Crippen LogP contribution in [0.1, 0.15) is 5.56 Å². The van der Waals surface area contributed by atoms with E-state index in [0.29, 0.717) is 17.6 Å². The fourth-order valence-electron chi connectivity index (χ4n) is 2.24. The van der Waals surface area contributed by atoms with Crippen LogP contribution in [0.3, 0.4) is 0 Å². The predicted molar refractivity (Wildman–Crippen MR) is 85.8 cm³/mol. The molecule has 3 aromatic rings. The lowest BCUT2D eigenvalue weighted by atomic mass is 10.2. The molecule has 4 nitrogen and oxygen atoms in total. The summed E-state index contributed by atoms with van der Waals surface area (Å²) in [4.78, 5) is 16.2. The van der Waals surface area contributed by atoms with Gasteiger partial charge in [-0.15, -0.1) is 0 Å². The minimum Gasteiger partial charge on any atom is -0.497 e. The summed E-state index contributed by atoms with van der Waals surface area (Å²) in [6.07, 6.45) is 0. The van der Waals surface area contributed by atoms with E-state index in [1.807, 2.05) is 24.3 Å². The molecule has 22 heavy (non-hydrogen) atoms. The SMILES string of the molecule is COc1ccc(Cn2c(=O)ccc3nc(Br)c(F)cc32)cc1. The molecule has 0 atom stereocenters. The van der Waals surface area contributed by atoms with Crippen molar-refractivity contribution >= 4 is 27.0 Å².